The van der Waals surface area contributed by atoms with Gasteiger partial charge in [-0.25, -0.2) is 4.39 Å². The highest BCUT2D eigenvalue weighted by Crippen LogP contribution is 2.33. The van der Waals surface area contributed by atoms with Crippen LogP contribution in [0.3, 0.4) is 0 Å². The second-order valence-corrected chi connectivity index (χ2v) is 8.32. The molecular formula is C21H24FN5OS. The van der Waals surface area contributed by atoms with Gasteiger partial charge in [-0.15, -0.1) is 5.10 Å². The summed E-state index contributed by atoms with van der Waals surface area (Å²) >= 11 is 1.96. The van der Waals surface area contributed by atoms with E-state index in [9.17, 15) is 4.39 Å². The minimum Gasteiger partial charge on any atom is -0.457 e. The number of hydrogen-bond acceptors (Lipinski definition) is 6. The fourth-order valence-corrected chi connectivity index (χ4v) is 4.56. The quantitative estimate of drug-likeness (QED) is 0.644. The molecule has 0 bridgehead atoms. The van der Waals surface area contributed by atoms with E-state index in [1.807, 2.05) is 34.8 Å². The lowest BCUT2D eigenvalue weighted by Gasteiger charge is -2.17. The van der Waals surface area contributed by atoms with Crippen LogP contribution in [-0.2, 0) is 13.1 Å². The molecule has 0 saturated carbocycles. The van der Waals surface area contributed by atoms with Gasteiger partial charge in [0.05, 0.1) is 12.2 Å². The van der Waals surface area contributed by atoms with Crippen molar-refractivity contribution in [3.05, 3.63) is 71.8 Å². The van der Waals surface area contributed by atoms with Gasteiger partial charge in [0, 0.05) is 30.6 Å². The van der Waals surface area contributed by atoms with E-state index in [4.69, 9.17) is 10.5 Å². The molecule has 6 nitrogen and oxygen atoms in total. The summed E-state index contributed by atoms with van der Waals surface area (Å²) in [5.74, 6) is 2.17. The van der Waals surface area contributed by atoms with Gasteiger partial charge in [0.15, 0.2) is 0 Å². The maximum Gasteiger partial charge on any atom is 0.127 e. The summed E-state index contributed by atoms with van der Waals surface area (Å²) in [7, 11) is 0. The summed E-state index contributed by atoms with van der Waals surface area (Å²) in [6, 6.07) is 14.5. The summed E-state index contributed by atoms with van der Waals surface area (Å²) in [5, 5.41) is 12.2. The number of rotatable bonds is 6. The van der Waals surface area contributed by atoms with Crippen molar-refractivity contribution in [2.45, 2.75) is 30.8 Å². The Morgan fingerprint density at radius 3 is 2.55 bits per heavy atom. The predicted molar refractivity (Wildman–Crippen MR) is 112 cm³/mol. The summed E-state index contributed by atoms with van der Waals surface area (Å²) in [6.45, 7) is 2.10. The molecule has 0 spiro atoms. The SMILES string of the molecule is NCc1cn(C[C@@H]2CCS[C@H](c3ccc(Oc4ccc(F)cc4)cc3)CN2)nn1. The number of aromatic nitrogens is 3. The molecule has 0 aliphatic carbocycles. The molecule has 1 aromatic heterocycles. The van der Waals surface area contributed by atoms with Crippen molar-refractivity contribution in [3.63, 3.8) is 0 Å². The molecule has 2 heterocycles. The van der Waals surface area contributed by atoms with Crippen LogP contribution in [0.4, 0.5) is 4.39 Å². The van der Waals surface area contributed by atoms with Gasteiger partial charge in [-0.3, -0.25) is 4.68 Å². The highest BCUT2D eigenvalue weighted by Gasteiger charge is 2.20. The van der Waals surface area contributed by atoms with Crippen molar-refractivity contribution in [2.24, 2.45) is 5.73 Å². The topological polar surface area (TPSA) is 78.0 Å². The van der Waals surface area contributed by atoms with Crippen molar-refractivity contribution in [2.75, 3.05) is 12.3 Å². The lowest BCUT2D eigenvalue weighted by atomic mass is 10.1. The second kappa shape index (κ2) is 9.39. The zero-order chi connectivity index (χ0) is 20.1. The minimum absolute atomic E-state index is 0.271. The maximum atomic E-state index is 13.0. The Morgan fingerprint density at radius 2 is 1.86 bits per heavy atom. The van der Waals surface area contributed by atoms with Gasteiger partial charge in [0.1, 0.15) is 17.3 Å². The first kappa shape index (κ1) is 19.9. The van der Waals surface area contributed by atoms with E-state index in [2.05, 4.69) is 27.8 Å². The maximum absolute atomic E-state index is 13.0. The smallest absolute Gasteiger partial charge is 0.127 e. The fourth-order valence-electron chi connectivity index (χ4n) is 3.29. The third-order valence-corrected chi connectivity index (χ3v) is 6.19. The Hall–Kier alpha value is -2.42. The van der Waals surface area contributed by atoms with Crippen LogP contribution in [0.25, 0.3) is 0 Å². The molecule has 1 aliphatic rings. The third kappa shape index (κ3) is 5.35. The summed E-state index contributed by atoms with van der Waals surface area (Å²) in [5.41, 5.74) is 7.68. The van der Waals surface area contributed by atoms with Gasteiger partial charge < -0.3 is 15.8 Å². The molecular weight excluding hydrogens is 389 g/mol. The Bertz CT molecular complexity index is 916. The summed E-state index contributed by atoms with van der Waals surface area (Å²) in [4.78, 5) is 0. The molecule has 0 amide bonds. The largest absolute Gasteiger partial charge is 0.457 e. The molecule has 1 saturated heterocycles. The van der Waals surface area contributed by atoms with Crippen molar-refractivity contribution in [1.82, 2.24) is 20.3 Å². The van der Waals surface area contributed by atoms with Crippen LogP contribution in [0.1, 0.15) is 22.9 Å². The standard InChI is InChI=1S/C21H24FN5OS/c22-16-3-7-20(8-4-16)28-19-5-1-15(2-6-19)21-12-24-17(9-10-29-21)13-27-14-18(11-23)25-26-27/h1-8,14,17,21,24H,9-13,23H2/t17-,21-/m0/s1. The molecule has 0 unspecified atom stereocenters. The number of nitrogens with zero attached hydrogens (tertiary/aromatic N) is 3. The number of nitrogens with two attached hydrogens (primary N) is 1. The molecule has 3 aromatic rings. The summed E-state index contributed by atoms with van der Waals surface area (Å²) in [6.07, 6.45) is 2.99. The van der Waals surface area contributed by atoms with Gasteiger partial charge in [-0.1, -0.05) is 17.3 Å². The lowest BCUT2D eigenvalue weighted by Crippen LogP contribution is -2.34. The van der Waals surface area contributed by atoms with Gasteiger partial charge in [-0.05, 0) is 54.1 Å². The van der Waals surface area contributed by atoms with E-state index in [-0.39, 0.29) is 5.82 Å². The average Bonchev–Trinajstić information content (AvgIpc) is 3.07. The Balaban J connectivity index is 1.33. The van der Waals surface area contributed by atoms with Gasteiger partial charge in [0.25, 0.3) is 0 Å². The fraction of sp³-hybridized carbons (Fsp3) is 0.333. The first-order valence-corrected chi connectivity index (χ1v) is 10.7. The minimum atomic E-state index is -0.271. The molecule has 152 valence electrons. The molecule has 1 fully saturated rings. The molecule has 0 radical (unpaired) electrons. The number of hydrogen-bond donors (Lipinski definition) is 2. The van der Waals surface area contributed by atoms with Crippen LogP contribution < -0.4 is 15.8 Å². The molecule has 4 rings (SSSR count). The highest BCUT2D eigenvalue weighted by atomic mass is 32.2. The zero-order valence-corrected chi connectivity index (χ0v) is 16.8. The van der Waals surface area contributed by atoms with Crippen molar-refractivity contribution < 1.29 is 9.13 Å². The molecule has 29 heavy (non-hydrogen) atoms. The van der Waals surface area contributed by atoms with Crippen LogP contribution in [0.2, 0.25) is 0 Å². The Kier molecular flexibility index (Phi) is 6.43. The second-order valence-electron chi connectivity index (χ2n) is 7.01. The summed E-state index contributed by atoms with van der Waals surface area (Å²) < 4.78 is 20.7. The van der Waals surface area contributed by atoms with E-state index >= 15 is 0 Å². The van der Waals surface area contributed by atoms with Gasteiger partial charge >= 0.3 is 0 Å². The van der Waals surface area contributed by atoms with Crippen molar-refractivity contribution >= 4 is 11.8 Å². The van der Waals surface area contributed by atoms with Crippen LogP contribution in [0.15, 0.2) is 54.7 Å². The highest BCUT2D eigenvalue weighted by molar-refractivity contribution is 7.99. The van der Waals surface area contributed by atoms with Crippen molar-refractivity contribution in [3.8, 4) is 11.5 Å². The van der Waals surface area contributed by atoms with Crippen LogP contribution in [-0.4, -0.2) is 33.3 Å². The van der Waals surface area contributed by atoms with Gasteiger partial charge in [0.2, 0.25) is 0 Å². The third-order valence-electron chi connectivity index (χ3n) is 4.88. The van der Waals surface area contributed by atoms with Crippen LogP contribution in [0, 0.1) is 5.82 Å². The van der Waals surface area contributed by atoms with Gasteiger partial charge in [-0.2, -0.15) is 11.8 Å². The van der Waals surface area contributed by atoms with E-state index < -0.39 is 0 Å². The Labute approximate surface area is 173 Å². The van der Waals surface area contributed by atoms with E-state index in [0.29, 0.717) is 23.6 Å². The molecule has 2 atom stereocenters. The van der Waals surface area contributed by atoms with Crippen molar-refractivity contribution in [1.29, 1.82) is 0 Å². The van der Waals surface area contributed by atoms with E-state index in [1.165, 1.54) is 17.7 Å². The molecule has 3 N–H and O–H groups in total. The van der Waals surface area contributed by atoms with Crippen LogP contribution >= 0.6 is 11.8 Å². The zero-order valence-electron chi connectivity index (χ0n) is 16.0. The number of halogens is 1. The first-order valence-electron chi connectivity index (χ1n) is 9.67. The molecule has 8 heteroatoms. The van der Waals surface area contributed by atoms with E-state index in [0.717, 1.165) is 36.7 Å². The Morgan fingerprint density at radius 1 is 1.14 bits per heavy atom. The van der Waals surface area contributed by atoms with E-state index in [1.54, 1.807) is 12.1 Å². The monoisotopic (exact) mass is 413 g/mol. The predicted octanol–water partition coefficient (Wildman–Crippen LogP) is 3.50. The molecule has 1 aliphatic heterocycles. The van der Waals surface area contributed by atoms with Crippen LogP contribution in [0.5, 0.6) is 11.5 Å². The first-order chi connectivity index (χ1) is 14.2. The number of ether oxygens (including phenoxy) is 1. The number of benzene rings is 2. The number of nitrogens with one attached hydrogen (secondary N) is 1. The average molecular weight is 414 g/mol. The molecule has 2 aromatic carbocycles. The lowest BCUT2D eigenvalue weighted by molar-refractivity contribution is 0.419. The normalized spacial score (nSPS) is 19.7. The number of thioether (sulfide) groups is 1.